The van der Waals surface area contributed by atoms with Crippen LogP contribution in [0.15, 0.2) is 16.6 Å². The Morgan fingerprint density at radius 3 is 2.69 bits per heavy atom. The lowest BCUT2D eigenvalue weighted by atomic mass is 10.1. The minimum absolute atomic E-state index is 0.197. The highest BCUT2D eigenvalue weighted by molar-refractivity contribution is 9.10. The summed E-state index contributed by atoms with van der Waals surface area (Å²) in [5.74, 6) is -1.05. The Hall–Kier alpha value is -0.680. The number of halogens is 3. The summed E-state index contributed by atoms with van der Waals surface area (Å²) in [6.45, 7) is -0.916. The maximum absolute atomic E-state index is 13.0. The second-order valence-electron chi connectivity index (χ2n) is 2.55. The van der Waals surface area contributed by atoms with Crippen molar-refractivity contribution >= 4 is 15.9 Å². The topological polar surface area (TPSA) is 46.2 Å². The van der Waals surface area contributed by atoms with E-state index < -0.39 is 18.5 Å². The van der Waals surface area contributed by atoms with Crippen LogP contribution in [0.1, 0.15) is 11.6 Å². The van der Waals surface area contributed by atoms with Crippen molar-refractivity contribution in [2.45, 2.75) is 6.04 Å². The van der Waals surface area contributed by atoms with Gasteiger partial charge < -0.3 is 10.8 Å². The molecule has 1 atom stereocenters. The van der Waals surface area contributed by atoms with Crippen molar-refractivity contribution in [3.05, 3.63) is 28.0 Å². The normalized spacial score (nSPS) is 12.9. The van der Waals surface area contributed by atoms with Crippen LogP contribution in [0.2, 0.25) is 0 Å². The van der Waals surface area contributed by atoms with E-state index in [9.17, 15) is 13.9 Å². The van der Waals surface area contributed by atoms with Gasteiger partial charge in [-0.2, -0.15) is 0 Å². The summed E-state index contributed by atoms with van der Waals surface area (Å²) >= 11 is 2.98. The molecule has 0 amide bonds. The van der Waals surface area contributed by atoms with Crippen LogP contribution in [0.4, 0.5) is 8.78 Å². The largest absolute Gasteiger partial charge is 0.506 e. The monoisotopic (exact) mass is 251 g/mol. The molecule has 0 saturated heterocycles. The fourth-order valence-corrected chi connectivity index (χ4v) is 1.33. The lowest BCUT2D eigenvalue weighted by Gasteiger charge is -2.11. The fourth-order valence-electron chi connectivity index (χ4n) is 0.987. The molecule has 0 aliphatic rings. The second kappa shape index (κ2) is 4.02. The average Bonchev–Trinajstić information content (AvgIpc) is 2.12. The van der Waals surface area contributed by atoms with Gasteiger partial charge in [0.1, 0.15) is 18.2 Å². The van der Waals surface area contributed by atoms with Crippen molar-refractivity contribution in [3.8, 4) is 5.75 Å². The number of aromatic hydroxyl groups is 1. The van der Waals surface area contributed by atoms with Crippen LogP contribution < -0.4 is 5.73 Å². The first-order valence-corrected chi connectivity index (χ1v) is 4.35. The summed E-state index contributed by atoms with van der Waals surface area (Å²) in [4.78, 5) is 0. The third kappa shape index (κ3) is 1.97. The second-order valence-corrected chi connectivity index (χ2v) is 3.41. The van der Waals surface area contributed by atoms with E-state index in [0.717, 1.165) is 6.07 Å². The van der Waals surface area contributed by atoms with Gasteiger partial charge in [-0.1, -0.05) is 0 Å². The molecule has 2 nitrogen and oxygen atoms in total. The first-order chi connectivity index (χ1) is 6.07. The summed E-state index contributed by atoms with van der Waals surface area (Å²) in [7, 11) is 0. The molecule has 3 N–H and O–H groups in total. The quantitative estimate of drug-likeness (QED) is 0.847. The Morgan fingerprint density at radius 2 is 2.15 bits per heavy atom. The molecule has 0 aliphatic carbocycles. The van der Waals surface area contributed by atoms with Gasteiger partial charge in [-0.15, -0.1) is 0 Å². The first kappa shape index (κ1) is 10.4. The molecule has 0 radical (unpaired) electrons. The number of benzene rings is 1. The number of alkyl halides is 1. The summed E-state index contributed by atoms with van der Waals surface area (Å²) in [6, 6.07) is 1.32. The minimum atomic E-state index is -1.13. The number of nitrogens with two attached hydrogens (primary N) is 1. The van der Waals surface area contributed by atoms with Crippen molar-refractivity contribution in [1.82, 2.24) is 0 Å². The highest BCUT2D eigenvalue weighted by Crippen LogP contribution is 2.33. The molecule has 5 heteroatoms. The third-order valence-electron chi connectivity index (χ3n) is 1.65. The Bertz CT molecular complexity index is 319. The van der Waals surface area contributed by atoms with Crippen molar-refractivity contribution in [2.75, 3.05) is 6.67 Å². The lowest BCUT2D eigenvalue weighted by Crippen LogP contribution is -2.14. The average molecular weight is 252 g/mol. The summed E-state index contributed by atoms with van der Waals surface area (Å²) in [5.41, 5.74) is 5.07. The van der Waals surface area contributed by atoms with Gasteiger partial charge in [-0.25, -0.2) is 8.78 Å². The van der Waals surface area contributed by atoms with Gasteiger partial charge >= 0.3 is 0 Å². The van der Waals surface area contributed by atoms with Gasteiger partial charge in [-0.05, 0) is 28.1 Å². The van der Waals surface area contributed by atoms with E-state index in [4.69, 9.17) is 5.73 Å². The zero-order valence-corrected chi connectivity index (χ0v) is 8.18. The zero-order chi connectivity index (χ0) is 10.0. The number of phenolic OH excluding ortho intramolecular Hbond substituents is 1. The van der Waals surface area contributed by atoms with Crippen molar-refractivity contribution < 1.29 is 13.9 Å². The van der Waals surface area contributed by atoms with E-state index in [1.165, 1.54) is 6.07 Å². The Balaban J connectivity index is 3.25. The molecular weight excluding hydrogens is 244 g/mol. The van der Waals surface area contributed by atoms with Gasteiger partial charge in [0.25, 0.3) is 0 Å². The number of hydrogen-bond acceptors (Lipinski definition) is 2. The number of phenols is 1. The van der Waals surface area contributed by atoms with Crippen LogP contribution in [-0.2, 0) is 0 Å². The molecule has 0 heterocycles. The maximum atomic E-state index is 13.0. The summed E-state index contributed by atoms with van der Waals surface area (Å²) in [5, 5.41) is 9.35. The van der Waals surface area contributed by atoms with Crippen LogP contribution in [-0.4, -0.2) is 11.8 Å². The molecule has 0 bridgehead atoms. The first-order valence-electron chi connectivity index (χ1n) is 3.56. The standard InChI is InChI=1S/C8H8BrF2NO/c9-4-1-2-5(11)7(8(4)13)6(12)3-10/h1-2,6,13H,3,12H2/t6-/m1/s1. The highest BCUT2D eigenvalue weighted by atomic mass is 79.9. The Kier molecular flexibility index (Phi) is 3.22. The van der Waals surface area contributed by atoms with Crippen molar-refractivity contribution in [3.63, 3.8) is 0 Å². The van der Waals surface area contributed by atoms with E-state index in [0.29, 0.717) is 4.47 Å². The Morgan fingerprint density at radius 1 is 1.54 bits per heavy atom. The van der Waals surface area contributed by atoms with E-state index in [1.54, 1.807) is 0 Å². The molecule has 0 unspecified atom stereocenters. The van der Waals surface area contributed by atoms with Gasteiger partial charge in [0.15, 0.2) is 0 Å². The van der Waals surface area contributed by atoms with Gasteiger partial charge in [0.05, 0.1) is 16.1 Å². The highest BCUT2D eigenvalue weighted by Gasteiger charge is 2.17. The van der Waals surface area contributed by atoms with E-state index >= 15 is 0 Å². The summed E-state index contributed by atoms with van der Waals surface area (Å²) in [6.07, 6.45) is 0. The molecule has 0 fully saturated rings. The van der Waals surface area contributed by atoms with E-state index in [1.807, 2.05) is 0 Å². The fraction of sp³-hybridized carbons (Fsp3) is 0.250. The van der Waals surface area contributed by atoms with Crippen LogP contribution in [0.5, 0.6) is 5.75 Å². The van der Waals surface area contributed by atoms with Crippen LogP contribution in [0, 0.1) is 5.82 Å². The molecule has 1 rings (SSSR count). The number of hydrogen-bond donors (Lipinski definition) is 2. The van der Waals surface area contributed by atoms with Gasteiger partial charge in [-0.3, -0.25) is 0 Å². The molecule has 1 aromatic carbocycles. The van der Waals surface area contributed by atoms with Gasteiger partial charge in [0.2, 0.25) is 0 Å². The summed E-state index contributed by atoms with van der Waals surface area (Å²) < 4.78 is 25.5. The minimum Gasteiger partial charge on any atom is -0.506 e. The van der Waals surface area contributed by atoms with Crippen LogP contribution in [0.3, 0.4) is 0 Å². The zero-order valence-electron chi connectivity index (χ0n) is 6.60. The SMILES string of the molecule is N[C@H](CF)c1c(F)ccc(Br)c1O. The van der Waals surface area contributed by atoms with E-state index in [2.05, 4.69) is 15.9 Å². The number of rotatable bonds is 2. The van der Waals surface area contributed by atoms with E-state index in [-0.39, 0.29) is 11.3 Å². The molecular formula is C8H8BrF2NO. The molecule has 0 saturated carbocycles. The molecule has 1 aromatic rings. The molecule has 0 aromatic heterocycles. The molecule has 13 heavy (non-hydrogen) atoms. The lowest BCUT2D eigenvalue weighted by molar-refractivity contribution is 0.400. The Labute approximate surface area is 82.5 Å². The predicted molar refractivity (Wildman–Crippen MR) is 48.7 cm³/mol. The third-order valence-corrected chi connectivity index (χ3v) is 2.29. The van der Waals surface area contributed by atoms with Crippen LogP contribution in [0.25, 0.3) is 0 Å². The maximum Gasteiger partial charge on any atom is 0.137 e. The smallest absolute Gasteiger partial charge is 0.137 e. The van der Waals surface area contributed by atoms with Crippen molar-refractivity contribution in [1.29, 1.82) is 0 Å². The van der Waals surface area contributed by atoms with Crippen LogP contribution >= 0.6 is 15.9 Å². The molecule has 72 valence electrons. The molecule has 0 spiro atoms. The van der Waals surface area contributed by atoms with Gasteiger partial charge in [0, 0.05) is 0 Å². The predicted octanol–water partition coefficient (Wildman–Crippen LogP) is 2.26. The molecule has 0 aliphatic heterocycles. The van der Waals surface area contributed by atoms with Crippen molar-refractivity contribution in [2.24, 2.45) is 5.73 Å².